The summed E-state index contributed by atoms with van der Waals surface area (Å²) in [6.45, 7) is 6.29. The number of halogens is 1. The number of nitrogens with zero attached hydrogens (tertiary/aromatic N) is 3. The van der Waals surface area contributed by atoms with Gasteiger partial charge < -0.3 is 24.8 Å². The maximum Gasteiger partial charge on any atom is 0.410 e. The molecule has 4 amide bonds. The van der Waals surface area contributed by atoms with E-state index in [4.69, 9.17) is 4.74 Å². The Morgan fingerprint density at radius 3 is 2.07 bits per heavy atom. The Balaban J connectivity index is 1.58. The predicted octanol–water partition coefficient (Wildman–Crippen LogP) is 5.28. The van der Waals surface area contributed by atoms with Crippen LogP contribution in [0.1, 0.15) is 44.7 Å². The molecule has 0 saturated carbocycles. The summed E-state index contributed by atoms with van der Waals surface area (Å²) in [7, 11) is 4.88. The Kier molecular flexibility index (Phi) is 11.7. The van der Waals surface area contributed by atoms with Crippen molar-refractivity contribution >= 4 is 57.2 Å². The van der Waals surface area contributed by atoms with Gasteiger partial charge in [-0.2, -0.15) is 0 Å². The fraction of sp³-hybridized carbons (Fsp3) is 0.444. The Hall–Kier alpha value is -3.67. The molecule has 0 bridgehead atoms. The van der Waals surface area contributed by atoms with Crippen LogP contribution in [0.3, 0.4) is 0 Å². The third-order valence-electron chi connectivity index (χ3n) is 8.55. The number of nitrogens with one attached hydrogen (secondary N) is 1. The highest BCUT2D eigenvalue weighted by Crippen LogP contribution is 2.25. The molecule has 3 aromatic rings. The van der Waals surface area contributed by atoms with Gasteiger partial charge >= 0.3 is 6.09 Å². The van der Waals surface area contributed by atoms with E-state index in [1.165, 1.54) is 4.90 Å². The Bertz CT molecular complexity index is 1550. The number of fused-ring (bicyclic) bond motifs is 1. The highest BCUT2D eigenvalue weighted by atomic mass is 127. The lowest BCUT2D eigenvalue weighted by atomic mass is 9.93. The van der Waals surface area contributed by atoms with Gasteiger partial charge in [0.2, 0.25) is 17.7 Å². The average molecular weight is 741 g/mol. The number of hydrogen-bond acceptors (Lipinski definition) is 5. The molecular formula is C36H45IN4O5. The van der Waals surface area contributed by atoms with Crippen molar-refractivity contribution in [1.29, 1.82) is 0 Å². The largest absolute Gasteiger partial charge is 0.444 e. The van der Waals surface area contributed by atoms with Gasteiger partial charge in [-0.1, -0.05) is 54.6 Å². The van der Waals surface area contributed by atoms with Crippen LogP contribution in [0.25, 0.3) is 10.8 Å². The molecule has 1 aliphatic heterocycles. The fourth-order valence-corrected chi connectivity index (χ4v) is 6.22. The van der Waals surface area contributed by atoms with Crippen LogP contribution in [0.4, 0.5) is 4.79 Å². The van der Waals surface area contributed by atoms with E-state index >= 15 is 0 Å². The topological polar surface area (TPSA) is 99.3 Å². The molecule has 1 saturated heterocycles. The fourth-order valence-electron chi connectivity index (χ4n) is 5.86. The summed E-state index contributed by atoms with van der Waals surface area (Å²) >= 11 is 2.23. The van der Waals surface area contributed by atoms with E-state index in [1.54, 1.807) is 30.9 Å². The summed E-state index contributed by atoms with van der Waals surface area (Å²) in [6, 6.07) is 20.3. The summed E-state index contributed by atoms with van der Waals surface area (Å²) in [5.41, 5.74) is 1.25. The van der Waals surface area contributed by atoms with Gasteiger partial charge in [-0.3, -0.25) is 14.4 Å². The molecule has 2 atom stereocenters. The molecule has 3 aromatic carbocycles. The van der Waals surface area contributed by atoms with E-state index in [0.717, 1.165) is 25.5 Å². The first kappa shape index (κ1) is 35.2. The first-order valence-corrected chi connectivity index (χ1v) is 16.8. The number of amides is 4. The molecule has 4 rings (SSSR count). The van der Waals surface area contributed by atoms with E-state index < -0.39 is 17.7 Å². The minimum atomic E-state index is -0.841. The number of likely N-dealkylation sites (N-methyl/N-ethyl adjacent to an activating group) is 3. The predicted molar refractivity (Wildman–Crippen MR) is 188 cm³/mol. The van der Waals surface area contributed by atoms with Gasteiger partial charge in [-0.25, -0.2) is 4.79 Å². The zero-order valence-electron chi connectivity index (χ0n) is 27.6. The molecule has 246 valence electrons. The van der Waals surface area contributed by atoms with E-state index in [0.29, 0.717) is 32.4 Å². The highest BCUT2D eigenvalue weighted by Gasteiger charge is 2.38. The van der Waals surface area contributed by atoms with Crippen molar-refractivity contribution in [2.75, 3.05) is 34.2 Å². The van der Waals surface area contributed by atoms with Gasteiger partial charge in [0.1, 0.15) is 17.7 Å². The van der Waals surface area contributed by atoms with E-state index in [1.807, 2.05) is 81.4 Å². The number of benzene rings is 3. The van der Waals surface area contributed by atoms with Crippen molar-refractivity contribution in [1.82, 2.24) is 20.0 Å². The smallest absolute Gasteiger partial charge is 0.410 e. The molecule has 1 fully saturated rings. The number of ether oxygens (including phenoxy) is 1. The third kappa shape index (κ3) is 8.98. The molecule has 0 radical (unpaired) electrons. The van der Waals surface area contributed by atoms with Gasteiger partial charge in [0.05, 0.1) is 0 Å². The van der Waals surface area contributed by atoms with Crippen LogP contribution in [0, 0.1) is 9.49 Å². The second kappa shape index (κ2) is 15.3. The van der Waals surface area contributed by atoms with Crippen LogP contribution in [0.2, 0.25) is 0 Å². The molecule has 0 aliphatic carbocycles. The second-order valence-electron chi connectivity index (χ2n) is 13.0. The van der Waals surface area contributed by atoms with Crippen LogP contribution in [-0.2, 0) is 32.0 Å². The number of carbonyl (C=O) groups excluding carboxylic acids is 4. The molecule has 10 heteroatoms. The lowest BCUT2D eigenvalue weighted by Gasteiger charge is -2.38. The quantitative estimate of drug-likeness (QED) is 0.302. The summed E-state index contributed by atoms with van der Waals surface area (Å²) < 4.78 is 6.60. The van der Waals surface area contributed by atoms with Crippen molar-refractivity contribution in [3.8, 4) is 0 Å². The summed E-state index contributed by atoms with van der Waals surface area (Å²) in [6.07, 6.45) is 1.19. The zero-order valence-corrected chi connectivity index (χ0v) is 29.7. The summed E-state index contributed by atoms with van der Waals surface area (Å²) in [5, 5.41) is 4.85. The summed E-state index contributed by atoms with van der Waals surface area (Å²) in [4.78, 5) is 58.8. The average Bonchev–Trinajstić information content (AvgIpc) is 3.04. The van der Waals surface area contributed by atoms with Crippen LogP contribution in [0.15, 0.2) is 66.7 Å². The molecular weight excluding hydrogens is 695 g/mol. The lowest BCUT2D eigenvalue weighted by Crippen LogP contribution is -2.56. The van der Waals surface area contributed by atoms with Crippen LogP contribution < -0.4 is 5.32 Å². The van der Waals surface area contributed by atoms with Gasteiger partial charge in [0.15, 0.2) is 0 Å². The van der Waals surface area contributed by atoms with Crippen LogP contribution in [-0.4, -0.2) is 90.4 Å². The second-order valence-corrected chi connectivity index (χ2v) is 14.2. The van der Waals surface area contributed by atoms with Gasteiger partial charge in [-0.15, -0.1) is 0 Å². The zero-order chi connectivity index (χ0) is 33.6. The third-order valence-corrected chi connectivity index (χ3v) is 9.26. The molecule has 1 N–H and O–H groups in total. The maximum atomic E-state index is 14.4. The van der Waals surface area contributed by atoms with Crippen molar-refractivity contribution < 1.29 is 23.9 Å². The van der Waals surface area contributed by atoms with E-state index in [-0.39, 0.29) is 36.2 Å². The standard InChI is InChI=1S/C36H45IN4O5/c1-36(2,3)46-35(45)41-19-17-27(18-20-41)33(43)40(6)31(23-25-11-14-26-9-7-8-10-28(26)21-25)34(44)39(5)30(32(42)38-4)22-24-12-15-29(37)16-13-24/h7-16,21,27,30-31H,17-20,22-23H2,1-6H3,(H,38,42)/t30-,31-/m1/s1. The van der Waals surface area contributed by atoms with E-state index in [9.17, 15) is 19.2 Å². The van der Waals surface area contributed by atoms with Gasteiger partial charge in [0.25, 0.3) is 0 Å². The molecule has 1 aliphatic rings. The maximum absolute atomic E-state index is 14.4. The van der Waals surface area contributed by atoms with Crippen molar-refractivity contribution in [2.24, 2.45) is 5.92 Å². The number of carbonyl (C=O) groups is 4. The van der Waals surface area contributed by atoms with Crippen LogP contribution >= 0.6 is 22.6 Å². The Labute approximate surface area is 285 Å². The van der Waals surface area contributed by atoms with Crippen molar-refractivity contribution in [3.63, 3.8) is 0 Å². The minimum Gasteiger partial charge on any atom is -0.444 e. The van der Waals surface area contributed by atoms with Crippen molar-refractivity contribution in [2.45, 2.75) is 64.1 Å². The monoisotopic (exact) mass is 740 g/mol. The van der Waals surface area contributed by atoms with Crippen molar-refractivity contribution in [3.05, 3.63) is 81.4 Å². The highest BCUT2D eigenvalue weighted by molar-refractivity contribution is 14.1. The number of hydrogen-bond donors (Lipinski definition) is 1. The molecule has 9 nitrogen and oxygen atoms in total. The normalized spacial score (nSPS) is 15.2. The molecule has 0 aromatic heterocycles. The van der Waals surface area contributed by atoms with Crippen LogP contribution in [0.5, 0.6) is 0 Å². The first-order chi connectivity index (χ1) is 21.8. The SMILES string of the molecule is CNC(=O)[C@@H](Cc1ccc(I)cc1)N(C)C(=O)[C@@H](Cc1ccc2ccccc2c1)N(C)C(=O)C1CCN(C(=O)OC(C)(C)C)CC1. The Morgan fingerprint density at radius 1 is 0.870 bits per heavy atom. The summed E-state index contributed by atoms with van der Waals surface area (Å²) in [5.74, 6) is -1.08. The van der Waals surface area contributed by atoms with Gasteiger partial charge in [-0.05, 0) is 90.2 Å². The van der Waals surface area contributed by atoms with Gasteiger partial charge in [0, 0.05) is 56.6 Å². The molecule has 46 heavy (non-hydrogen) atoms. The van der Waals surface area contributed by atoms with E-state index in [2.05, 4.69) is 34.0 Å². The number of piperidine rings is 1. The first-order valence-electron chi connectivity index (χ1n) is 15.7. The lowest BCUT2D eigenvalue weighted by molar-refractivity contribution is -0.149. The number of rotatable bonds is 9. The molecule has 0 unspecified atom stereocenters. The molecule has 1 heterocycles. The molecule has 0 spiro atoms. The minimum absolute atomic E-state index is 0.148. The Morgan fingerprint density at radius 2 is 1.46 bits per heavy atom. The number of likely N-dealkylation sites (tertiary alicyclic amines) is 1.